The maximum absolute atomic E-state index is 11.0. The van der Waals surface area contributed by atoms with Gasteiger partial charge in [0.1, 0.15) is 6.04 Å². The van der Waals surface area contributed by atoms with Crippen LogP contribution < -0.4 is 16.8 Å². The molecule has 0 saturated heterocycles. The molecule has 33 heavy (non-hydrogen) atoms. The zero-order valence-corrected chi connectivity index (χ0v) is 18.3. The quantitative estimate of drug-likeness (QED) is 0.323. The number of aromatic nitrogens is 3. The van der Waals surface area contributed by atoms with E-state index in [9.17, 15) is 4.79 Å². The first-order valence-electron chi connectivity index (χ1n) is 10.8. The van der Waals surface area contributed by atoms with Gasteiger partial charge in [-0.3, -0.25) is 4.79 Å². The Morgan fingerprint density at radius 3 is 2.42 bits per heavy atom. The molecule has 0 aliphatic heterocycles. The minimum Gasteiger partial charge on any atom is -0.480 e. The van der Waals surface area contributed by atoms with Gasteiger partial charge in [-0.2, -0.15) is 15.0 Å². The molecule has 0 aliphatic rings. The van der Waals surface area contributed by atoms with Crippen molar-refractivity contribution < 1.29 is 9.90 Å². The van der Waals surface area contributed by atoms with E-state index in [-0.39, 0.29) is 18.4 Å². The third kappa shape index (κ3) is 5.24. The topological polar surface area (TPSA) is 140 Å². The Morgan fingerprint density at radius 1 is 1.00 bits per heavy atom. The van der Waals surface area contributed by atoms with Crippen molar-refractivity contribution in [2.75, 3.05) is 11.1 Å². The zero-order valence-electron chi connectivity index (χ0n) is 18.3. The number of nitrogens with one attached hydrogen (secondary N) is 1. The van der Waals surface area contributed by atoms with Gasteiger partial charge in [-0.1, -0.05) is 67.6 Å². The Labute approximate surface area is 191 Å². The highest BCUT2D eigenvalue weighted by molar-refractivity contribution is 5.83. The van der Waals surface area contributed by atoms with Crippen LogP contribution in [-0.2, 0) is 11.2 Å². The van der Waals surface area contributed by atoms with Crippen molar-refractivity contribution in [2.45, 2.75) is 31.8 Å². The first-order valence-corrected chi connectivity index (χ1v) is 10.8. The van der Waals surface area contributed by atoms with Crippen LogP contribution in [0, 0.1) is 0 Å². The minimum absolute atomic E-state index is 0.00383. The SMILES string of the molecule is CCC(Nc1nc(N)nc(-c2ccc(C[C@H](N)C(=O)O)cc2)n1)c1ccc2ccccc2c1. The average molecular weight is 443 g/mol. The van der Waals surface area contributed by atoms with Crippen molar-refractivity contribution in [3.8, 4) is 11.4 Å². The van der Waals surface area contributed by atoms with Gasteiger partial charge in [-0.25, -0.2) is 0 Å². The van der Waals surface area contributed by atoms with E-state index in [0.29, 0.717) is 11.8 Å². The van der Waals surface area contributed by atoms with E-state index >= 15 is 0 Å². The predicted molar refractivity (Wildman–Crippen MR) is 130 cm³/mol. The van der Waals surface area contributed by atoms with Crippen molar-refractivity contribution in [2.24, 2.45) is 5.73 Å². The summed E-state index contributed by atoms with van der Waals surface area (Å²) in [4.78, 5) is 24.1. The summed E-state index contributed by atoms with van der Waals surface area (Å²) in [5.41, 5.74) is 14.3. The van der Waals surface area contributed by atoms with Crippen LogP contribution in [0.4, 0.5) is 11.9 Å². The molecule has 1 heterocycles. The molecule has 4 rings (SSSR count). The molecule has 0 amide bonds. The number of benzene rings is 3. The maximum Gasteiger partial charge on any atom is 0.320 e. The summed E-state index contributed by atoms with van der Waals surface area (Å²) in [5, 5.41) is 14.7. The smallest absolute Gasteiger partial charge is 0.320 e. The summed E-state index contributed by atoms with van der Waals surface area (Å²) < 4.78 is 0. The molecule has 2 atom stereocenters. The lowest BCUT2D eigenvalue weighted by molar-refractivity contribution is -0.138. The van der Waals surface area contributed by atoms with Gasteiger partial charge in [0.25, 0.3) is 0 Å². The number of carboxylic acid groups (broad SMARTS) is 1. The Bertz CT molecular complexity index is 1280. The molecule has 0 fully saturated rings. The fourth-order valence-corrected chi connectivity index (χ4v) is 3.72. The molecule has 0 spiro atoms. The van der Waals surface area contributed by atoms with Crippen LogP contribution in [0.2, 0.25) is 0 Å². The van der Waals surface area contributed by atoms with Gasteiger partial charge in [0.15, 0.2) is 5.82 Å². The Morgan fingerprint density at radius 2 is 1.73 bits per heavy atom. The average Bonchev–Trinajstić information content (AvgIpc) is 2.82. The van der Waals surface area contributed by atoms with Crippen molar-refractivity contribution in [3.05, 3.63) is 77.9 Å². The summed E-state index contributed by atoms with van der Waals surface area (Å²) in [7, 11) is 0. The molecule has 1 aromatic heterocycles. The number of nitrogens with two attached hydrogens (primary N) is 2. The van der Waals surface area contributed by atoms with Gasteiger partial charge < -0.3 is 21.9 Å². The van der Waals surface area contributed by atoms with Crippen LogP contribution in [0.5, 0.6) is 0 Å². The number of carboxylic acids is 1. The molecular formula is C25H26N6O2. The molecule has 6 N–H and O–H groups in total. The molecule has 8 nitrogen and oxygen atoms in total. The Balaban J connectivity index is 1.56. The molecule has 0 aliphatic carbocycles. The highest BCUT2D eigenvalue weighted by atomic mass is 16.4. The summed E-state index contributed by atoms with van der Waals surface area (Å²) in [6.45, 7) is 2.10. The largest absolute Gasteiger partial charge is 0.480 e. The van der Waals surface area contributed by atoms with E-state index in [4.69, 9.17) is 16.6 Å². The third-order valence-corrected chi connectivity index (χ3v) is 5.53. The molecule has 0 radical (unpaired) electrons. The van der Waals surface area contributed by atoms with E-state index < -0.39 is 12.0 Å². The van der Waals surface area contributed by atoms with E-state index in [0.717, 1.165) is 23.1 Å². The lowest BCUT2D eigenvalue weighted by Crippen LogP contribution is -2.32. The lowest BCUT2D eigenvalue weighted by Gasteiger charge is -2.18. The van der Waals surface area contributed by atoms with E-state index in [1.54, 1.807) is 0 Å². The number of rotatable bonds is 8. The molecule has 3 aromatic carbocycles. The summed E-state index contributed by atoms with van der Waals surface area (Å²) >= 11 is 0. The van der Waals surface area contributed by atoms with E-state index in [2.05, 4.69) is 57.5 Å². The number of fused-ring (bicyclic) bond motifs is 1. The van der Waals surface area contributed by atoms with Gasteiger partial charge in [-0.05, 0) is 40.8 Å². The van der Waals surface area contributed by atoms with Crippen LogP contribution in [0.3, 0.4) is 0 Å². The van der Waals surface area contributed by atoms with Crippen molar-refractivity contribution in [1.82, 2.24) is 15.0 Å². The van der Waals surface area contributed by atoms with Crippen molar-refractivity contribution >= 4 is 28.6 Å². The third-order valence-electron chi connectivity index (χ3n) is 5.53. The first kappa shape index (κ1) is 22.2. The second kappa shape index (κ2) is 9.62. The predicted octanol–water partition coefficient (Wildman–Crippen LogP) is 3.79. The maximum atomic E-state index is 11.0. The van der Waals surface area contributed by atoms with E-state index in [1.807, 2.05) is 36.4 Å². The molecule has 0 bridgehead atoms. The summed E-state index contributed by atoms with van der Waals surface area (Å²) in [5.74, 6) is -0.0771. The van der Waals surface area contributed by atoms with Crippen LogP contribution >= 0.6 is 0 Å². The number of hydrogen-bond acceptors (Lipinski definition) is 7. The number of nitrogen functional groups attached to an aromatic ring is 1. The number of aliphatic carboxylic acids is 1. The second-order valence-electron chi connectivity index (χ2n) is 7.90. The lowest BCUT2D eigenvalue weighted by atomic mass is 10.0. The van der Waals surface area contributed by atoms with Crippen LogP contribution in [0.15, 0.2) is 66.7 Å². The van der Waals surface area contributed by atoms with Crippen LogP contribution in [0.25, 0.3) is 22.2 Å². The van der Waals surface area contributed by atoms with Gasteiger partial charge in [0.2, 0.25) is 11.9 Å². The molecular weight excluding hydrogens is 416 g/mol. The highest BCUT2D eigenvalue weighted by Gasteiger charge is 2.15. The zero-order chi connectivity index (χ0) is 23.4. The normalized spacial score (nSPS) is 12.9. The minimum atomic E-state index is -1.03. The monoisotopic (exact) mass is 442 g/mol. The van der Waals surface area contributed by atoms with Crippen LogP contribution in [-0.4, -0.2) is 32.1 Å². The molecule has 0 saturated carbocycles. The van der Waals surface area contributed by atoms with E-state index in [1.165, 1.54) is 10.8 Å². The fraction of sp³-hybridized carbons (Fsp3) is 0.200. The highest BCUT2D eigenvalue weighted by Crippen LogP contribution is 2.26. The Hall–Kier alpha value is -4.04. The van der Waals surface area contributed by atoms with Crippen LogP contribution in [0.1, 0.15) is 30.5 Å². The van der Waals surface area contributed by atoms with Gasteiger partial charge in [0, 0.05) is 5.56 Å². The number of nitrogens with zero attached hydrogens (tertiary/aromatic N) is 3. The number of anilines is 2. The molecule has 168 valence electrons. The molecule has 8 heteroatoms. The van der Waals surface area contributed by atoms with Crippen molar-refractivity contribution in [1.29, 1.82) is 0 Å². The first-order chi connectivity index (χ1) is 15.9. The summed E-state index contributed by atoms with van der Waals surface area (Å²) in [6.07, 6.45) is 1.07. The van der Waals surface area contributed by atoms with Crippen molar-refractivity contribution in [3.63, 3.8) is 0 Å². The number of hydrogen-bond donors (Lipinski definition) is 4. The van der Waals surface area contributed by atoms with Gasteiger partial charge in [0.05, 0.1) is 6.04 Å². The molecule has 1 unspecified atom stereocenters. The molecule has 4 aromatic rings. The summed E-state index contributed by atoms with van der Waals surface area (Å²) in [6, 6.07) is 21.0. The van der Waals surface area contributed by atoms with Gasteiger partial charge >= 0.3 is 5.97 Å². The Kier molecular flexibility index (Phi) is 6.46. The standard InChI is InChI=1S/C25H26N6O2/c1-2-21(19-12-11-16-5-3-4-6-18(16)14-19)28-25-30-22(29-24(27)31-25)17-9-7-15(8-10-17)13-20(26)23(32)33/h3-12,14,20-21H,2,13,26H2,1H3,(H,32,33)(H3,27,28,29,30,31)/t20-,21?/m0/s1. The second-order valence-corrected chi connectivity index (χ2v) is 7.90. The number of carbonyl (C=O) groups is 1. The van der Waals surface area contributed by atoms with Gasteiger partial charge in [-0.15, -0.1) is 0 Å². The fourth-order valence-electron chi connectivity index (χ4n) is 3.72.